The van der Waals surface area contributed by atoms with E-state index in [-0.39, 0.29) is 12.5 Å². The van der Waals surface area contributed by atoms with Crippen LogP contribution in [0.15, 0.2) is 18.2 Å². The maximum absolute atomic E-state index is 9.03. The molecule has 1 unspecified atom stereocenters. The van der Waals surface area contributed by atoms with Crippen LogP contribution in [0.25, 0.3) is 0 Å². The molecule has 0 aliphatic heterocycles. The molecule has 0 amide bonds. The lowest BCUT2D eigenvalue weighted by Crippen LogP contribution is -2.22. The Kier molecular flexibility index (Phi) is 6.67. The van der Waals surface area contributed by atoms with Crippen LogP contribution in [-0.4, -0.2) is 31.5 Å². The third-order valence-electron chi connectivity index (χ3n) is 2.80. The van der Waals surface area contributed by atoms with Crippen LogP contribution >= 0.6 is 0 Å². The highest BCUT2D eigenvalue weighted by Gasteiger charge is 2.08. The minimum Gasteiger partial charge on any atom is -0.497 e. The summed E-state index contributed by atoms with van der Waals surface area (Å²) in [5, 5.41) is 12.4. The summed E-state index contributed by atoms with van der Waals surface area (Å²) in [4.78, 5) is 0. The van der Waals surface area contributed by atoms with Crippen molar-refractivity contribution in [3.8, 4) is 11.5 Å². The van der Waals surface area contributed by atoms with Gasteiger partial charge in [0.05, 0.1) is 13.7 Å². The average Bonchev–Trinajstić information content (AvgIpc) is 2.42. The number of ether oxygens (including phenoxy) is 2. The molecule has 0 aliphatic rings. The van der Waals surface area contributed by atoms with E-state index in [1.54, 1.807) is 7.11 Å². The van der Waals surface area contributed by atoms with E-state index in [2.05, 4.69) is 19.2 Å². The molecule has 0 saturated heterocycles. The quantitative estimate of drug-likeness (QED) is 0.758. The number of benzene rings is 1. The van der Waals surface area contributed by atoms with E-state index in [1.165, 1.54) is 0 Å². The lowest BCUT2D eigenvalue weighted by atomic mass is 10.1. The predicted molar refractivity (Wildman–Crippen MR) is 76.7 cm³/mol. The molecule has 19 heavy (non-hydrogen) atoms. The Morgan fingerprint density at radius 3 is 2.58 bits per heavy atom. The van der Waals surface area contributed by atoms with E-state index in [1.807, 2.05) is 25.1 Å². The van der Waals surface area contributed by atoms with Crippen molar-refractivity contribution in [2.24, 2.45) is 5.92 Å². The summed E-state index contributed by atoms with van der Waals surface area (Å²) in [5.41, 5.74) is 1.07. The van der Waals surface area contributed by atoms with Gasteiger partial charge in [-0.3, -0.25) is 0 Å². The van der Waals surface area contributed by atoms with Crippen molar-refractivity contribution >= 4 is 0 Å². The third-order valence-corrected chi connectivity index (χ3v) is 2.80. The zero-order chi connectivity index (χ0) is 14.3. The Labute approximate surface area is 115 Å². The van der Waals surface area contributed by atoms with Crippen LogP contribution in [-0.2, 0) is 6.54 Å². The predicted octanol–water partition coefficient (Wildman–Crippen LogP) is 2.20. The molecule has 4 heteroatoms. The second kappa shape index (κ2) is 8.02. The standard InChI is InChI=1S/C15H25NO3/c1-11(2)16-8-13-7-14(18-4)5-6-15(13)19-10-12(3)9-17/h5-7,11-12,16-17H,8-10H2,1-4H3. The van der Waals surface area contributed by atoms with Crippen LogP contribution in [0.4, 0.5) is 0 Å². The Hall–Kier alpha value is -1.26. The van der Waals surface area contributed by atoms with E-state index in [0.717, 1.165) is 23.6 Å². The number of methoxy groups -OCH3 is 1. The summed E-state index contributed by atoms with van der Waals surface area (Å²) >= 11 is 0. The molecule has 0 aliphatic carbocycles. The van der Waals surface area contributed by atoms with Crippen molar-refractivity contribution in [2.45, 2.75) is 33.4 Å². The van der Waals surface area contributed by atoms with Crippen LogP contribution in [0, 0.1) is 5.92 Å². The molecule has 1 aromatic rings. The number of hydrogen-bond acceptors (Lipinski definition) is 4. The van der Waals surface area contributed by atoms with Crippen molar-refractivity contribution < 1.29 is 14.6 Å². The van der Waals surface area contributed by atoms with E-state index < -0.39 is 0 Å². The van der Waals surface area contributed by atoms with Gasteiger partial charge in [-0.15, -0.1) is 0 Å². The zero-order valence-corrected chi connectivity index (χ0v) is 12.3. The maximum Gasteiger partial charge on any atom is 0.124 e. The fourth-order valence-electron chi connectivity index (χ4n) is 1.56. The molecule has 0 spiro atoms. The van der Waals surface area contributed by atoms with Gasteiger partial charge < -0.3 is 19.9 Å². The highest BCUT2D eigenvalue weighted by atomic mass is 16.5. The maximum atomic E-state index is 9.03. The Morgan fingerprint density at radius 2 is 2.00 bits per heavy atom. The molecular weight excluding hydrogens is 242 g/mol. The van der Waals surface area contributed by atoms with Gasteiger partial charge in [-0.25, -0.2) is 0 Å². The molecule has 1 atom stereocenters. The molecule has 0 radical (unpaired) electrons. The van der Waals surface area contributed by atoms with Gasteiger partial charge in [-0.2, -0.15) is 0 Å². The van der Waals surface area contributed by atoms with Gasteiger partial charge in [0.15, 0.2) is 0 Å². The first-order chi connectivity index (χ1) is 9.06. The highest BCUT2D eigenvalue weighted by Crippen LogP contribution is 2.24. The second-order valence-electron chi connectivity index (χ2n) is 5.11. The van der Waals surface area contributed by atoms with Crippen LogP contribution in [0.3, 0.4) is 0 Å². The van der Waals surface area contributed by atoms with Gasteiger partial charge in [0.1, 0.15) is 11.5 Å². The van der Waals surface area contributed by atoms with Crippen molar-refractivity contribution in [3.05, 3.63) is 23.8 Å². The largest absolute Gasteiger partial charge is 0.497 e. The summed E-state index contributed by atoms with van der Waals surface area (Å²) in [6.45, 7) is 7.55. The van der Waals surface area contributed by atoms with Crippen LogP contribution in [0.5, 0.6) is 11.5 Å². The number of aliphatic hydroxyl groups is 1. The van der Waals surface area contributed by atoms with Crippen LogP contribution < -0.4 is 14.8 Å². The summed E-state index contributed by atoms with van der Waals surface area (Å²) in [6, 6.07) is 6.20. The number of rotatable bonds is 8. The van der Waals surface area contributed by atoms with E-state index >= 15 is 0 Å². The van der Waals surface area contributed by atoms with Crippen molar-refractivity contribution in [1.29, 1.82) is 0 Å². The first kappa shape index (κ1) is 15.8. The van der Waals surface area contributed by atoms with Crippen LogP contribution in [0.2, 0.25) is 0 Å². The summed E-state index contributed by atoms with van der Waals surface area (Å²) in [5.74, 6) is 1.80. The molecule has 0 saturated carbocycles. The average molecular weight is 267 g/mol. The first-order valence-corrected chi connectivity index (χ1v) is 6.70. The second-order valence-corrected chi connectivity index (χ2v) is 5.11. The lowest BCUT2D eigenvalue weighted by Gasteiger charge is -2.16. The van der Waals surface area contributed by atoms with E-state index in [4.69, 9.17) is 14.6 Å². The van der Waals surface area contributed by atoms with Crippen molar-refractivity contribution in [2.75, 3.05) is 20.3 Å². The molecule has 0 aromatic heterocycles. The molecule has 0 fully saturated rings. The molecule has 4 nitrogen and oxygen atoms in total. The number of nitrogens with one attached hydrogen (secondary N) is 1. The van der Waals surface area contributed by atoms with E-state index in [0.29, 0.717) is 12.6 Å². The monoisotopic (exact) mass is 267 g/mol. The molecule has 1 rings (SSSR count). The molecule has 0 bridgehead atoms. The third kappa shape index (κ3) is 5.49. The summed E-state index contributed by atoms with van der Waals surface area (Å²) < 4.78 is 11.0. The summed E-state index contributed by atoms with van der Waals surface area (Å²) in [6.07, 6.45) is 0. The molecule has 108 valence electrons. The minimum absolute atomic E-state index is 0.132. The summed E-state index contributed by atoms with van der Waals surface area (Å²) in [7, 11) is 1.66. The van der Waals surface area contributed by atoms with Crippen molar-refractivity contribution in [3.63, 3.8) is 0 Å². The fraction of sp³-hybridized carbons (Fsp3) is 0.600. The topological polar surface area (TPSA) is 50.7 Å². The molecule has 2 N–H and O–H groups in total. The van der Waals surface area contributed by atoms with Gasteiger partial charge >= 0.3 is 0 Å². The first-order valence-electron chi connectivity index (χ1n) is 6.70. The number of aliphatic hydroxyl groups excluding tert-OH is 1. The smallest absolute Gasteiger partial charge is 0.124 e. The van der Waals surface area contributed by atoms with Gasteiger partial charge in [-0.1, -0.05) is 20.8 Å². The zero-order valence-electron chi connectivity index (χ0n) is 12.3. The fourth-order valence-corrected chi connectivity index (χ4v) is 1.56. The molecule has 1 aromatic carbocycles. The van der Waals surface area contributed by atoms with Crippen molar-refractivity contribution in [1.82, 2.24) is 5.32 Å². The Bertz CT molecular complexity index is 380. The Balaban J connectivity index is 2.76. The van der Waals surface area contributed by atoms with E-state index in [9.17, 15) is 0 Å². The van der Waals surface area contributed by atoms with Crippen LogP contribution in [0.1, 0.15) is 26.3 Å². The Morgan fingerprint density at radius 1 is 1.26 bits per heavy atom. The molecular formula is C15H25NO3. The van der Waals surface area contributed by atoms with Gasteiger partial charge in [-0.05, 0) is 18.2 Å². The van der Waals surface area contributed by atoms with Gasteiger partial charge in [0, 0.05) is 30.7 Å². The lowest BCUT2D eigenvalue weighted by molar-refractivity contribution is 0.173. The highest BCUT2D eigenvalue weighted by molar-refractivity contribution is 5.40. The normalized spacial score (nSPS) is 12.5. The molecule has 0 heterocycles. The van der Waals surface area contributed by atoms with Gasteiger partial charge in [0.2, 0.25) is 0 Å². The van der Waals surface area contributed by atoms with Gasteiger partial charge in [0.25, 0.3) is 0 Å². The minimum atomic E-state index is 0.132. The number of hydrogen-bond donors (Lipinski definition) is 2. The SMILES string of the molecule is COc1ccc(OCC(C)CO)c(CNC(C)C)c1.